The number of ether oxygens (including phenoxy) is 1. The van der Waals surface area contributed by atoms with E-state index in [1.54, 1.807) is 29.6 Å². The van der Waals surface area contributed by atoms with Gasteiger partial charge in [0.15, 0.2) is 5.54 Å². The maximum atomic E-state index is 15.0. The van der Waals surface area contributed by atoms with E-state index in [9.17, 15) is 27.2 Å². The van der Waals surface area contributed by atoms with E-state index in [4.69, 9.17) is 16.3 Å². The molecule has 2 aromatic carbocycles. The van der Waals surface area contributed by atoms with Crippen LogP contribution in [0.3, 0.4) is 0 Å². The molecule has 2 aliphatic rings. The summed E-state index contributed by atoms with van der Waals surface area (Å²) in [6.45, 7) is 1.10. The van der Waals surface area contributed by atoms with Crippen LogP contribution < -0.4 is 10.6 Å². The van der Waals surface area contributed by atoms with Gasteiger partial charge in [-0.1, -0.05) is 29.8 Å². The number of fused-ring (bicyclic) bond motifs is 1. The third kappa shape index (κ3) is 4.69. The number of hydrogen-bond donors (Lipinski definition) is 3. The van der Waals surface area contributed by atoms with Crippen molar-refractivity contribution in [3.05, 3.63) is 64.1 Å². The minimum atomic E-state index is -5.12. The fraction of sp³-hybridized carbons (Fsp3) is 0.320. The number of carbonyl (C=O) groups excluding carboxylic acids is 2. The number of rotatable bonds is 5. The summed E-state index contributed by atoms with van der Waals surface area (Å²) in [4.78, 5) is 24.4. The van der Waals surface area contributed by atoms with Crippen molar-refractivity contribution in [1.29, 1.82) is 0 Å². The molecule has 1 aliphatic carbocycles. The van der Waals surface area contributed by atoms with E-state index in [1.165, 1.54) is 6.07 Å². The van der Waals surface area contributed by atoms with Gasteiger partial charge in [-0.25, -0.2) is 4.39 Å². The van der Waals surface area contributed by atoms with Crippen molar-refractivity contribution < 1.29 is 31.9 Å². The fourth-order valence-corrected chi connectivity index (χ4v) is 4.90. The first-order chi connectivity index (χ1) is 17.5. The average molecular weight is 537 g/mol. The highest BCUT2D eigenvalue weighted by atomic mass is 35.5. The Labute approximate surface area is 213 Å². The summed E-state index contributed by atoms with van der Waals surface area (Å²) >= 11 is 6.16. The lowest BCUT2D eigenvalue weighted by atomic mass is 9.93. The Kier molecular flexibility index (Phi) is 6.23. The molecule has 0 spiro atoms. The number of alkyl halides is 3. The molecule has 0 bridgehead atoms. The van der Waals surface area contributed by atoms with Gasteiger partial charge in [0.25, 0.3) is 5.91 Å². The van der Waals surface area contributed by atoms with Crippen molar-refractivity contribution >= 4 is 23.4 Å². The highest BCUT2D eigenvalue weighted by Gasteiger charge is 2.52. The van der Waals surface area contributed by atoms with Crippen molar-refractivity contribution in [2.45, 2.75) is 37.5 Å². The first-order valence-corrected chi connectivity index (χ1v) is 11.8. The lowest BCUT2D eigenvalue weighted by molar-refractivity contribution is -0.184. The van der Waals surface area contributed by atoms with E-state index in [1.807, 2.05) is 13.0 Å². The summed E-state index contributed by atoms with van der Waals surface area (Å²) in [5.74, 6) is -3.46. The lowest BCUT2D eigenvalue weighted by Crippen LogP contribution is -2.71. The molecule has 0 unspecified atom stereocenters. The average Bonchev–Trinajstić information content (AvgIpc) is 3.40. The van der Waals surface area contributed by atoms with E-state index in [0.29, 0.717) is 35.2 Å². The molecule has 1 aliphatic heterocycles. The van der Waals surface area contributed by atoms with E-state index in [2.05, 4.69) is 15.5 Å². The Morgan fingerprint density at radius 1 is 1.19 bits per heavy atom. The van der Waals surface area contributed by atoms with E-state index >= 15 is 0 Å². The summed E-state index contributed by atoms with van der Waals surface area (Å²) in [7, 11) is 0. The van der Waals surface area contributed by atoms with E-state index in [-0.39, 0.29) is 18.2 Å². The Balaban J connectivity index is 1.41. The van der Waals surface area contributed by atoms with Crippen molar-refractivity contribution in [2.75, 3.05) is 13.2 Å². The van der Waals surface area contributed by atoms with Crippen LogP contribution in [0.4, 0.5) is 17.6 Å². The number of carbonyl (C=O) groups is 2. The minimum absolute atomic E-state index is 0.225. The third-order valence-electron chi connectivity index (χ3n) is 6.60. The van der Waals surface area contributed by atoms with Crippen molar-refractivity contribution in [3.63, 3.8) is 0 Å². The highest BCUT2D eigenvalue weighted by molar-refractivity contribution is 6.31. The molecule has 5 rings (SSSR count). The largest absolute Gasteiger partial charge is 0.471 e. The quantitative estimate of drug-likeness (QED) is 0.421. The van der Waals surface area contributed by atoms with Gasteiger partial charge in [-0.2, -0.15) is 18.3 Å². The molecule has 37 heavy (non-hydrogen) atoms. The van der Waals surface area contributed by atoms with Gasteiger partial charge >= 0.3 is 12.1 Å². The standard InChI is InChI=1S/C25H21ClF4N4O3/c1-12-6-20(34-33-12)21-17(8-15(26)9-18(21)27)14-2-4-16-13(7-14)3-5-19(16)31-22(35)24(10-37-11-24)32-23(36)25(28,29)30/h2,4,6-9,19H,3,5,10-11H2,1H3,(H,31,35)(H,32,36)(H,33,34)/t19-/m0/s1. The second-order valence-electron chi connectivity index (χ2n) is 9.25. The number of aryl methyl sites for hydroxylation is 2. The molecule has 12 heteroatoms. The molecule has 2 amide bonds. The Hall–Kier alpha value is -3.44. The summed E-state index contributed by atoms with van der Waals surface area (Å²) in [5, 5.41) is 11.7. The second-order valence-corrected chi connectivity index (χ2v) is 9.69. The Bertz CT molecular complexity index is 1400. The van der Waals surface area contributed by atoms with Gasteiger partial charge in [-0.15, -0.1) is 0 Å². The Morgan fingerprint density at radius 3 is 2.57 bits per heavy atom. The zero-order valence-corrected chi connectivity index (χ0v) is 20.2. The molecule has 3 N–H and O–H groups in total. The molecule has 1 atom stereocenters. The van der Waals surface area contributed by atoms with E-state index in [0.717, 1.165) is 16.8 Å². The topological polar surface area (TPSA) is 96.1 Å². The normalized spacial score (nSPS) is 18.2. The number of H-pyrrole nitrogens is 1. The van der Waals surface area contributed by atoms with Crippen LogP contribution in [0.2, 0.25) is 5.02 Å². The van der Waals surface area contributed by atoms with Gasteiger partial charge < -0.3 is 15.4 Å². The maximum absolute atomic E-state index is 15.0. The van der Waals surface area contributed by atoms with Gasteiger partial charge in [0, 0.05) is 16.3 Å². The number of aromatic amines is 1. The molecule has 194 valence electrons. The molecule has 1 fully saturated rings. The highest BCUT2D eigenvalue weighted by Crippen LogP contribution is 2.40. The summed E-state index contributed by atoms with van der Waals surface area (Å²) in [6.07, 6.45) is -4.04. The first-order valence-electron chi connectivity index (χ1n) is 11.4. The van der Waals surface area contributed by atoms with Gasteiger partial charge in [-0.05, 0) is 60.2 Å². The number of nitrogens with one attached hydrogen (secondary N) is 3. The summed E-state index contributed by atoms with van der Waals surface area (Å²) < 4.78 is 58.2. The summed E-state index contributed by atoms with van der Waals surface area (Å²) in [6, 6.07) is 9.58. The number of benzene rings is 2. The summed E-state index contributed by atoms with van der Waals surface area (Å²) in [5.41, 5.74) is 2.65. The van der Waals surface area contributed by atoms with E-state index < -0.39 is 35.4 Å². The molecule has 0 saturated carbocycles. The number of halogens is 5. The molecular formula is C25H21ClF4N4O3. The van der Waals surface area contributed by atoms with Gasteiger partial charge in [0.05, 0.1) is 24.9 Å². The molecule has 1 aromatic heterocycles. The second kappa shape index (κ2) is 9.14. The van der Waals surface area contributed by atoms with Crippen LogP contribution in [-0.4, -0.2) is 46.9 Å². The van der Waals surface area contributed by atoms with Crippen LogP contribution in [0.25, 0.3) is 22.4 Å². The van der Waals surface area contributed by atoms with Crippen molar-refractivity contribution in [3.8, 4) is 22.4 Å². The minimum Gasteiger partial charge on any atom is -0.375 e. The fourth-order valence-electron chi connectivity index (χ4n) is 4.69. The van der Waals surface area contributed by atoms with Crippen LogP contribution in [0.15, 0.2) is 36.4 Å². The van der Waals surface area contributed by atoms with Gasteiger partial charge in [0.1, 0.15) is 5.82 Å². The zero-order valence-electron chi connectivity index (χ0n) is 19.4. The zero-order chi connectivity index (χ0) is 26.5. The van der Waals surface area contributed by atoms with Crippen molar-refractivity contribution in [2.24, 2.45) is 0 Å². The predicted octanol–water partition coefficient (Wildman–Crippen LogP) is 4.40. The number of amides is 2. The molecule has 7 nitrogen and oxygen atoms in total. The Morgan fingerprint density at radius 2 is 1.95 bits per heavy atom. The molecule has 2 heterocycles. The predicted molar refractivity (Wildman–Crippen MR) is 126 cm³/mol. The van der Waals surface area contributed by atoms with Gasteiger partial charge in [0.2, 0.25) is 0 Å². The molecular weight excluding hydrogens is 516 g/mol. The first kappa shape index (κ1) is 25.2. The van der Waals surface area contributed by atoms with Crippen LogP contribution in [-0.2, 0) is 20.7 Å². The van der Waals surface area contributed by atoms with Crippen molar-refractivity contribution in [1.82, 2.24) is 20.8 Å². The molecule has 1 saturated heterocycles. The maximum Gasteiger partial charge on any atom is 0.471 e. The molecule has 3 aromatic rings. The number of hydrogen-bond acceptors (Lipinski definition) is 4. The SMILES string of the molecule is Cc1cc(-c2c(F)cc(Cl)cc2-c2ccc3c(c2)CC[C@@H]3NC(=O)C2(NC(=O)C(F)(F)F)COC2)n[nH]1. The smallest absolute Gasteiger partial charge is 0.375 e. The molecule has 0 radical (unpaired) electrons. The number of aromatic nitrogens is 2. The monoisotopic (exact) mass is 536 g/mol. The van der Waals surface area contributed by atoms with Crippen LogP contribution in [0.5, 0.6) is 0 Å². The van der Waals surface area contributed by atoms with Crippen LogP contribution >= 0.6 is 11.6 Å². The third-order valence-corrected chi connectivity index (χ3v) is 6.81. The van der Waals surface area contributed by atoms with Crippen LogP contribution in [0.1, 0.15) is 29.3 Å². The number of nitrogens with zero attached hydrogens (tertiary/aromatic N) is 1. The van der Waals surface area contributed by atoms with Crippen LogP contribution in [0, 0.1) is 12.7 Å². The van der Waals surface area contributed by atoms with Gasteiger partial charge in [-0.3, -0.25) is 14.7 Å². The lowest BCUT2D eigenvalue weighted by Gasteiger charge is -2.41.